The number of hydrogen-bond donors (Lipinski definition) is 2. The number of aliphatic hydroxyl groups is 2. The molecule has 1 aromatic heterocycles. The molecule has 34 heavy (non-hydrogen) atoms. The summed E-state index contributed by atoms with van der Waals surface area (Å²) in [5, 5.41) is 20.3. The molecule has 1 heterocycles. The molecule has 2 N–H and O–H groups in total. The van der Waals surface area contributed by atoms with Crippen LogP contribution in [0.15, 0.2) is 30.3 Å². The molecule has 0 saturated heterocycles. The number of benzene rings is 1. The molecule has 0 fully saturated rings. The van der Waals surface area contributed by atoms with Crippen molar-refractivity contribution in [3.63, 3.8) is 0 Å². The van der Waals surface area contributed by atoms with Gasteiger partial charge in [-0.1, -0.05) is 26.0 Å². The Hall–Kier alpha value is -2.89. The third-order valence-corrected chi connectivity index (χ3v) is 6.19. The molecule has 1 unspecified atom stereocenters. The van der Waals surface area contributed by atoms with Crippen LogP contribution >= 0.6 is 0 Å². The maximum Gasteiger partial charge on any atom is 0.308 e. The normalized spacial score (nSPS) is 13.8. The fourth-order valence-corrected chi connectivity index (χ4v) is 3.50. The number of aromatic nitrogens is 2. The van der Waals surface area contributed by atoms with Crippen molar-refractivity contribution < 1.29 is 32.6 Å². The van der Waals surface area contributed by atoms with Gasteiger partial charge in [0.25, 0.3) is 0 Å². The quantitative estimate of drug-likeness (QED) is 0.481. The number of nitrogens with zero attached hydrogens (tertiary/aromatic N) is 3. The first kappa shape index (κ1) is 27.4. The monoisotopic (exact) mass is 495 g/mol. The summed E-state index contributed by atoms with van der Waals surface area (Å²) in [6.07, 6.45) is 1.48. The first-order chi connectivity index (χ1) is 15.8. The van der Waals surface area contributed by atoms with E-state index in [1.807, 2.05) is 13.8 Å². The van der Waals surface area contributed by atoms with Gasteiger partial charge >= 0.3 is 5.97 Å². The highest BCUT2D eigenvalue weighted by molar-refractivity contribution is 7.92. The molecule has 0 spiro atoms. The Morgan fingerprint density at radius 1 is 1.21 bits per heavy atom. The van der Waals surface area contributed by atoms with Gasteiger partial charge in [0, 0.05) is 24.6 Å². The number of halogens is 1. The molecule has 9 nitrogen and oxygen atoms in total. The molecule has 0 aliphatic heterocycles. The lowest BCUT2D eigenvalue weighted by Gasteiger charge is -2.20. The molecule has 0 saturated carbocycles. The summed E-state index contributed by atoms with van der Waals surface area (Å²) >= 11 is 0. The van der Waals surface area contributed by atoms with Crippen LogP contribution in [0.2, 0.25) is 0 Å². The van der Waals surface area contributed by atoms with Gasteiger partial charge in [0.1, 0.15) is 5.82 Å². The third kappa shape index (κ3) is 7.31. The van der Waals surface area contributed by atoms with Gasteiger partial charge in [-0.3, -0.25) is 4.79 Å². The molecular formula is C23H30FN3O6S. The zero-order chi connectivity index (χ0) is 25.6. The summed E-state index contributed by atoms with van der Waals surface area (Å²) in [6, 6.07) is 5.55. The number of carbonyl (C=O) groups is 1. The SMILES string of the molecule is COC(=O)C[C@H](O)CC(O)C=Cc1c(-c2ccc(F)cc2)nc(N(C)S(C)(=O)=O)nc1C(C)C. The van der Waals surface area contributed by atoms with Gasteiger partial charge in [-0.25, -0.2) is 27.1 Å². The average Bonchev–Trinajstić information content (AvgIpc) is 2.76. The Morgan fingerprint density at radius 3 is 2.35 bits per heavy atom. The number of hydrogen-bond acceptors (Lipinski definition) is 8. The highest BCUT2D eigenvalue weighted by Gasteiger charge is 2.22. The van der Waals surface area contributed by atoms with Crippen LogP contribution in [0.1, 0.15) is 43.9 Å². The molecular weight excluding hydrogens is 465 g/mol. The second-order valence-electron chi connectivity index (χ2n) is 8.16. The first-order valence-electron chi connectivity index (χ1n) is 10.6. The molecule has 0 bridgehead atoms. The number of sulfonamides is 1. The van der Waals surface area contributed by atoms with Crippen LogP contribution < -0.4 is 4.31 Å². The zero-order valence-electron chi connectivity index (χ0n) is 19.8. The molecule has 2 aromatic rings. The van der Waals surface area contributed by atoms with E-state index in [0.717, 1.165) is 10.6 Å². The van der Waals surface area contributed by atoms with Crippen molar-refractivity contribution in [3.8, 4) is 11.3 Å². The molecule has 2 rings (SSSR count). The van der Waals surface area contributed by atoms with Crippen molar-refractivity contribution in [1.29, 1.82) is 0 Å². The summed E-state index contributed by atoms with van der Waals surface area (Å²) < 4.78 is 43.2. The summed E-state index contributed by atoms with van der Waals surface area (Å²) in [5.41, 5.74) is 1.89. The van der Waals surface area contributed by atoms with Gasteiger partial charge in [-0.15, -0.1) is 0 Å². The van der Waals surface area contributed by atoms with Crippen LogP contribution in [0.25, 0.3) is 17.3 Å². The lowest BCUT2D eigenvalue weighted by Crippen LogP contribution is -2.27. The third-order valence-electron chi connectivity index (χ3n) is 5.04. The predicted molar refractivity (Wildman–Crippen MR) is 127 cm³/mol. The van der Waals surface area contributed by atoms with Crippen molar-refractivity contribution in [2.24, 2.45) is 0 Å². The second-order valence-corrected chi connectivity index (χ2v) is 10.2. The van der Waals surface area contributed by atoms with Crippen LogP contribution in [0.4, 0.5) is 10.3 Å². The fraction of sp³-hybridized carbons (Fsp3) is 0.435. The second kappa shape index (κ2) is 11.5. The largest absolute Gasteiger partial charge is 0.469 e. The Morgan fingerprint density at radius 2 is 1.82 bits per heavy atom. The van der Waals surface area contributed by atoms with Gasteiger partial charge < -0.3 is 14.9 Å². The first-order valence-corrected chi connectivity index (χ1v) is 12.4. The smallest absolute Gasteiger partial charge is 0.308 e. The predicted octanol–water partition coefficient (Wildman–Crippen LogP) is 2.49. The topological polar surface area (TPSA) is 130 Å². The maximum atomic E-state index is 13.5. The summed E-state index contributed by atoms with van der Waals surface area (Å²) in [7, 11) is -1.10. The number of methoxy groups -OCH3 is 1. The lowest BCUT2D eigenvalue weighted by molar-refractivity contribution is -0.143. The van der Waals surface area contributed by atoms with Crippen LogP contribution in [0, 0.1) is 5.82 Å². The van der Waals surface area contributed by atoms with E-state index in [0.29, 0.717) is 22.5 Å². The number of anilines is 1. The number of aliphatic hydroxyl groups excluding tert-OH is 2. The molecule has 0 radical (unpaired) electrons. The van der Waals surface area contributed by atoms with Gasteiger partial charge in [-0.05, 0) is 30.2 Å². The Bertz CT molecular complexity index is 1140. The summed E-state index contributed by atoms with van der Waals surface area (Å²) in [5.74, 6) is -1.24. The van der Waals surface area contributed by atoms with E-state index in [1.54, 1.807) is 6.08 Å². The molecule has 186 valence electrons. The van der Waals surface area contributed by atoms with E-state index >= 15 is 0 Å². The minimum Gasteiger partial charge on any atom is -0.469 e. The minimum atomic E-state index is -3.64. The standard InChI is InChI=1S/C23H30FN3O6S/c1-14(2)21-19(11-10-17(28)12-18(29)13-20(30)33-4)22(15-6-8-16(24)9-7-15)26-23(25-21)27(3)34(5,31)32/h6-11,14,17-18,28-29H,12-13H2,1-5H3/t17?,18-/m1/s1. The van der Waals surface area contributed by atoms with Gasteiger partial charge in [0.05, 0.1) is 43.4 Å². The molecule has 0 aliphatic rings. The van der Waals surface area contributed by atoms with Gasteiger partial charge in [0.2, 0.25) is 16.0 Å². The van der Waals surface area contributed by atoms with Crippen LogP contribution in [-0.2, 0) is 19.6 Å². The Labute approximate surface area is 199 Å². The minimum absolute atomic E-state index is 0.0447. The van der Waals surface area contributed by atoms with E-state index in [-0.39, 0.29) is 24.7 Å². The van der Waals surface area contributed by atoms with E-state index in [4.69, 9.17) is 0 Å². The van der Waals surface area contributed by atoms with Gasteiger partial charge in [-0.2, -0.15) is 0 Å². The number of carbonyl (C=O) groups excluding carboxylic acids is 1. The number of esters is 1. The maximum absolute atomic E-state index is 13.5. The summed E-state index contributed by atoms with van der Waals surface area (Å²) in [4.78, 5) is 20.2. The average molecular weight is 496 g/mol. The van der Waals surface area contributed by atoms with Crippen LogP contribution in [-0.4, -0.2) is 67.2 Å². The number of rotatable bonds is 10. The van der Waals surface area contributed by atoms with Crippen molar-refractivity contribution in [3.05, 3.63) is 47.4 Å². The molecule has 11 heteroatoms. The van der Waals surface area contributed by atoms with E-state index < -0.39 is 34.0 Å². The highest BCUT2D eigenvalue weighted by Crippen LogP contribution is 2.31. The van der Waals surface area contributed by atoms with E-state index in [1.165, 1.54) is 44.5 Å². The molecule has 1 aromatic carbocycles. The Balaban J connectivity index is 2.57. The van der Waals surface area contributed by atoms with E-state index in [9.17, 15) is 27.8 Å². The molecule has 0 aliphatic carbocycles. The zero-order valence-corrected chi connectivity index (χ0v) is 20.6. The van der Waals surface area contributed by atoms with Crippen LogP contribution in [0.3, 0.4) is 0 Å². The summed E-state index contributed by atoms with van der Waals surface area (Å²) in [6.45, 7) is 3.74. The van der Waals surface area contributed by atoms with E-state index in [2.05, 4.69) is 14.7 Å². The van der Waals surface area contributed by atoms with Crippen molar-refractivity contribution in [2.45, 2.75) is 44.8 Å². The molecule has 2 atom stereocenters. The Kier molecular flexibility index (Phi) is 9.25. The highest BCUT2D eigenvalue weighted by atomic mass is 32.2. The van der Waals surface area contributed by atoms with Crippen molar-refractivity contribution >= 4 is 28.0 Å². The lowest BCUT2D eigenvalue weighted by atomic mass is 9.97. The van der Waals surface area contributed by atoms with Gasteiger partial charge in [0.15, 0.2) is 0 Å². The van der Waals surface area contributed by atoms with Crippen LogP contribution in [0.5, 0.6) is 0 Å². The van der Waals surface area contributed by atoms with Crippen molar-refractivity contribution in [1.82, 2.24) is 9.97 Å². The number of ether oxygens (including phenoxy) is 1. The van der Waals surface area contributed by atoms with Crippen molar-refractivity contribution in [2.75, 3.05) is 24.7 Å². The fourth-order valence-electron chi connectivity index (χ4n) is 3.12. The molecule has 0 amide bonds.